The molecule has 0 saturated carbocycles. The van der Waals surface area contributed by atoms with Crippen LogP contribution >= 0.6 is 0 Å². The van der Waals surface area contributed by atoms with Gasteiger partial charge in [0.2, 0.25) is 0 Å². The first kappa shape index (κ1) is 18.8. The number of rotatable bonds is 7. The molecule has 25 heavy (non-hydrogen) atoms. The second-order valence-corrected chi connectivity index (χ2v) is 6.58. The third-order valence-electron chi connectivity index (χ3n) is 4.14. The highest BCUT2D eigenvalue weighted by atomic mass is 16.5. The quantitative estimate of drug-likeness (QED) is 0.817. The summed E-state index contributed by atoms with van der Waals surface area (Å²) in [5, 5.41) is 3.10. The average Bonchev–Trinajstić information content (AvgIpc) is 2.61. The predicted molar refractivity (Wildman–Crippen MR) is 100.0 cm³/mol. The molecule has 1 N–H and O–H groups in total. The minimum atomic E-state index is -0.567. The second kappa shape index (κ2) is 8.56. The van der Waals surface area contributed by atoms with Crippen molar-refractivity contribution in [1.29, 1.82) is 0 Å². The van der Waals surface area contributed by atoms with E-state index in [4.69, 9.17) is 9.47 Å². The van der Waals surface area contributed by atoms with Crippen LogP contribution < -0.4 is 14.8 Å². The standard InChI is InChI=1S/C21H27NO3/c1-14(2)20(17-8-12-18(24-5)13-9-17)22-21(23)16(4)25-19-10-6-15(3)7-11-19/h6-14,16,20H,1-5H3,(H,22,23)/t16-,20-/m0/s1. The summed E-state index contributed by atoms with van der Waals surface area (Å²) in [5.41, 5.74) is 2.20. The lowest BCUT2D eigenvalue weighted by Crippen LogP contribution is -2.40. The van der Waals surface area contributed by atoms with E-state index < -0.39 is 6.10 Å². The van der Waals surface area contributed by atoms with Gasteiger partial charge in [0.1, 0.15) is 11.5 Å². The van der Waals surface area contributed by atoms with Crippen molar-refractivity contribution in [3.63, 3.8) is 0 Å². The zero-order valence-electron chi connectivity index (χ0n) is 15.6. The number of benzene rings is 2. The molecule has 4 heteroatoms. The van der Waals surface area contributed by atoms with Gasteiger partial charge in [-0.15, -0.1) is 0 Å². The van der Waals surface area contributed by atoms with Gasteiger partial charge in [-0.25, -0.2) is 0 Å². The SMILES string of the molecule is COc1ccc([C@@H](NC(=O)[C@H](C)Oc2ccc(C)cc2)C(C)C)cc1. The number of hydrogen-bond acceptors (Lipinski definition) is 3. The molecule has 0 fully saturated rings. The summed E-state index contributed by atoms with van der Waals surface area (Å²) in [5.74, 6) is 1.62. The number of carbonyl (C=O) groups is 1. The fourth-order valence-electron chi connectivity index (χ4n) is 2.59. The minimum absolute atomic E-state index is 0.0810. The molecule has 0 heterocycles. The zero-order chi connectivity index (χ0) is 18.4. The van der Waals surface area contributed by atoms with Crippen LogP contribution in [0.25, 0.3) is 0 Å². The lowest BCUT2D eigenvalue weighted by Gasteiger charge is -2.25. The topological polar surface area (TPSA) is 47.6 Å². The first-order valence-electron chi connectivity index (χ1n) is 8.58. The van der Waals surface area contributed by atoms with Crippen molar-refractivity contribution in [3.8, 4) is 11.5 Å². The number of nitrogens with one attached hydrogen (secondary N) is 1. The third-order valence-corrected chi connectivity index (χ3v) is 4.14. The van der Waals surface area contributed by atoms with Gasteiger partial charge in [0.25, 0.3) is 5.91 Å². The predicted octanol–water partition coefficient (Wildman–Crippen LogP) is 4.28. The molecule has 2 atom stereocenters. The largest absolute Gasteiger partial charge is 0.497 e. The van der Waals surface area contributed by atoms with Gasteiger partial charge in [0.05, 0.1) is 13.2 Å². The van der Waals surface area contributed by atoms with Crippen LogP contribution in [-0.4, -0.2) is 19.1 Å². The fraction of sp³-hybridized carbons (Fsp3) is 0.381. The third kappa shape index (κ3) is 5.24. The van der Waals surface area contributed by atoms with Crippen molar-refractivity contribution >= 4 is 5.91 Å². The van der Waals surface area contributed by atoms with Gasteiger partial charge in [0.15, 0.2) is 6.10 Å². The van der Waals surface area contributed by atoms with Crippen molar-refractivity contribution in [3.05, 3.63) is 59.7 Å². The lowest BCUT2D eigenvalue weighted by molar-refractivity contribution is -0.128. The second-order valence-electron chi connectivity index (χ2n) is 6.58. The van der Waals surface area contributed by atoms with E-state index in [1.54, 1.807) is 14.0 Å². The van der Waals surface area contributed by atoms with Gasteiger partial charge >= 0.3 is 0 Å². The molecule has 2 rings (SSSR count). The van der Waals surface area contributed by atoms with E-state index in [0.29, 0.717) is 5.75 Å². The zero-order valence-corrected chi connectivity index (χ0v) is 15.6. The summed E-state index contributed by atoms with van der Waals surface area (Å²) < 4.78 is 10.9. The Bertz CT molecular complexity index is 677. The van der Waals surface area contributed by atoms with Crippen LogP contribution in [-0.2, 0) is 4.79 Å². The molecule has 0 radical (unpaired) electrons. The van der Waals surface area contributed by atoms with Crippen molar-refractivity contribution in [1.82, 2.24) is 5.32 Å². The van der Waals surface area contributed by atoms with E-state index in [1.165, 1.54) is 0 Å². The molecule has 2 aromatic rings. The van der Waals surface area contributed by atoms with E-state index >= 15 is 0 Å². The number of ether oxygens (including phenoxy) is 2. The maximum atomic E-state index is 12.6. The molecular formula is C21H27NO3. The Balaban J connectivity index is 2.04. The normalized spacial score (nSPS) is 13.2. The maximum Gasteiger partial charge on any atom is 0.261 e. The number of hydrogen-bond donors (Lipinski definition) is 1. The molecular weight excluding hydrogens is 314 g/mol. The molecule has 0 spiro atoms. The van der Waals surface area contributed by atoms with E-state index in [1.807, 2.05) is 55.5 Å². The molecule has 0 unspecified atom stereocenters. The highest BCUT2D eigenvalue weighted by Gasteiger charge is 2.22. The molecule has 0 aliphatic rings. The van der Waals surface area contributed by atoms with E-state index in [-0.39, 0.29) is 17.9 Å². The minimum Gasteiger partial charge on any atom is -0.497 e. The average molecular weight is 341 g/mol. The number of methoxy groups -OCH3 is 1. The Labute approximate surface area is 150 Å². The molecule has 134 valence electrons. The lowest BCUT2D eigenvalue weighted by atomic mass is 9.95. The van der Waals surface area contributed by atoms with Crippen LogP contribution in [0.5, 0.6) is 11.5 Å². The Morgan fingerprint density at radius 1 is 0.920 bits per heavy atom. The first-order valence-corrected chi connectivity index (χ1v) is 8.58. The summed E-state index contributed by atoms with van der Waals surface area (Å²) in [6.45, 7) is 7.95. The summed E-state index contributed by atoms with van der Waals surface area (Å²) in [6, 6.07) is 15.4. The van der Waals surface area contributed by atoms with E-state index in [2.05, 4.69) is 19.2 Å². The summed E-state index contributed by atoms with van der Waals surface area (Å²) in [4.78, 5) is 12.6. The van der Waals surface area contributed by atoms with Crippen molar-refractivity contribution in [2.75, 3.05) is 7.11 Å². The summed E-state index contributed by atoms with van der Waals surface area (Å²) >= 11 is 0. The smallest absolute Gasteiger partial charge is 0.261 e. The molecule has 0 bridgehead atoms. The van der Waals surface area contributed by atoms with Crippen LogP contribution in [0.1, 0.15) is 37.9 Å². The fourth-order valence-corrected chi connectivity index (χ4v) is 2.59. The Morgan fingerprint density at radius 2 is 1.48 bits per heavy atom. The summed E-state index contributed by atoms with van der Waals surface area (Å²) in [6.07, 6.45) is -0.567. The Morgan fingerprint density at radius 3 is 2.00 bits per heavy atom. The number of carbonyl (C=O) groups excluding carboxylic acids is 1. The van der Waals surface area contributed by atoms with Gasteiger partial charge in [-0.3, -0.25) is 4.79 Å². The Kier molecular flexibility index (Phi) is 6.45. The highest BCUT2D eigenvalue weighted by molar-refractivity contribution is 5.81. The van der Waals surface area contributed by atoms with E-state index in [0.717, 1.165) is 16.9 Å². The van der Waals surface area contributed by atoms with Gasteiger partial charge < -0.3 is 14.8 Å². The van der Waals surface area contributed by atoms with Crippen molar-refractivity contribution < 1.29 is 14.3 Å². The number of aryl methyl sites for hydroxylation is 1. The van der Waals surface area contributed by atoms with Gasteiger partial charge in [-0.2, -0.15) is 0 Å². The molecule has 2 aromatic carbocycles. The molecule has 0 saturated heterocycles. The van der Waals surface area contributed by atoms with Crippen LogP contribution in [0.4, 0.5) is 0 Å². The van der Waals surface area contributed by atoms with E-state index in [9.17, 15) is 4.79 Å². The Hall–Kier alpha value is -2.49. The van der Waals surface area contributed by atoms with Crippen LogP contribution in [0.15, 0.2) is 48.5 Å². The van der Waals surface area contributed by atoms with Crippen LogP contribution in [0.3, 0.4) is 0 Å². The molecule has 1 amide bonds. The van der Waals surface area contributed by atoms with Gasteiger partial charge in [-0.1, -0.05) is 43.7 Å². The van der Waals surface area contributed by atoms with Gasteiger partial charge in [-0.05, 0) is 49.6 Å². The molecule has 4 nitrogen and oxygen atoms in total. The van der Waals surface area contributed by atoms with Crippen molar-refractivity contribution in [2.45, 2.75) is 39.8 Å². The van der Waals surface area contributed by atoms with Crippen LogP contribution in [0.2, 0.25) is 0 Å². The first-order chi connectivity index (χ1) is 11.9. The monoisotopic (exact) mass is 341 g/mol. The van der Waals surface area contributed by atoms with Crippen molar-refractivity contribution in [2.24, 2.45) is 5.92 Å². The highest BCUT2D eigenvalue weighted by Crippen LogP contribution is 2.24. The maximum absolute atomic E-state index is 12.6. The molecule has 0 aliphatic heterocycles. The van der Waals surface area contributed by atoms with Crippen LogP contribution in [0, 0.1) is 12.8 Å². The molecule has 0 aliphatic carbocycles. The molecule has 0 aromatic heterocycles. The number of amides is 1. The van der Waals surface area contributed by atoms with Gasteiger partial charge in [0, 0.05) is 0 Å². The summed E-state index contributed by atoms with van der Waals surface area (Å²) in [7, 11) is 1.64.